The van der Waals surface area contributed by atoms with E-state index in [0.717, 1.165) is 38.2 Å². The topological polar surface area (TPSA) is 52.7 Å². The molecule has 0 spiro atoms. The Labute approximate surface area is 105 Å². The third kappa shape index (κ3) is 6.44. The van der Waals surface area contributed by atoms with Gasteiger partial charge in [-0.15, -0.1) is 0 Å². The summed E-state index contributed by atoms with van der Waals surface area (Å²) in [6, 6.07) is 2.15. The van der Waals surface area contributed by atoms with Gasteiger partial charge in [0.2, 0.25) is 0 Å². The zero-order valence-corrected chi connectivity index (χ0v) is 11.6. The zero-order valence-electron chi connectivity index (χ0n) is 11.6. The summed E-state index contributed by atoms with van der Waals surface area (Å²) in [4.78, 5) is 0. The molecule has 3 N–H and O–H groups in total. The summed E-state index contributed by atoms with van der Waals surface area (Å²) in [6.45, 7) is 11.5. The van der Waals surface area contributed by atoms with Gasteiger partial charge in [-0.2, -0.15) is 5.10 Å². The quantitative estimate of drug-likeness (QED) is 0.635. The van der Waals surface area contributed by atoms with E-state index in [4.69, 9.17) is 0 Å². The van der Waals surface area contributed by atoms with Crippen LogP contribution in [0, 0.1) is 0 Å². The molecule has 4 nitrogen and oxygen atoms in total. The molecular weight excluding hydrogens is 212 g/mol. The molecule has 0 saturated carbocycles. The minimum absolute atomic E-state index is 0.198. The van der Waals surface area contributed by atoms with Crippen LogP contribution in [0.1, 0.15) is 45.5 Å². The maximum Gasteiger partial charge on any atom is 0.0625 e. The van der Waals surface area contributed by atoms with Crippen molar-refractivity contribution >= 4 is 0 Å². The molecule has 1 rings (SSSR count). The number of aryl methyl sites for hydroxylation is 1. The second-order valence-electron chi connectivity index (χ2n) is 5.49. The van der Waals surface area contributed by atoms with Crippen LogP contribution in [0.2, 0.25) is 0 Å². The Morgan fingerprint density at radius 3 is 2.71 bits per heavy atom. The van der Waals surface area contributed by atoms with Crippen LogP contribution < -0.4 is 10.6 Å². The summed E-state index contributed by atoms with van der Waals surface area (Å²) in [7, 11) is 0. The Balaban J connectivity index is 2.13. The Hall–Kier alpha value is -0.870. The summed E-state index contributed by atoms with van der Waals surface area (Å²) in [6.07, 6.45) is 2.20. The van der Waals surface area contributed by atoms with Crippen LogP contribution in [0.4, 0.5) is 0 Å². The number of nitrogens with one attached hydrogen (secondary N) is 3. The number of nitrogens with zero attached hydrogens (tertiary/aromatic N) is 1. The lowest BCUT2D eigenvalue weighted by Gasteiger charge is -2.20. The van der Waals surface area contributed by atoms with E-state index < -0.39 is 0 Å². The number of hydrogen-bond acceptors (Lipinski definition) is 3. The van der Waals surface area contributed by atoms with Crippen molar-refractivity contribution in [1.29, 1.82) is 0 Å². The largest absolute Gasteiger partial charge is 0.311 e. The van der Waals surface area contributed by atoms with Crippen molar-refractivity contribution in [3.63, 3.8) is 0 Å². The molecule has 0 aliphatic rings. The number of rotatable bonds is 7. The molecule has 0 aliphatic carbocycles. The molecule has 0 amide bonds. The van der Waals surface area contributed by atoms with Crippen LogP contribution in [0.5, 0.6) is 0 Å². The van der Waals surface area contributed by atoms with E-state index in [1.54, 1.807) is 0 Å². The molecule has 17 heavy (non-hydrogen) atoms. The smallest absolute Gasteiger partial charge is 0.0625 e. The SMILES string of the molecule is CCCc1cc(CNCCNC(C)(C)C)[nH]n1. The minimum Gasteiger partial charge on any atom is -0.311 e. The zero-order chi connectivity index (χ0) is 12.7. The first-order valence-corrected chi connectivity index (χ1v) is 6.50. The third-order valence-corrected chi connectivity index (χ3v) is 2.46. The van der Waals surface area contributed by atoms with Crippen LogP contribution in [0.25, 0.3) is 0 Å². The minimum atomic E-state index is 0.198. The van der Waals surface area contributed by atoms with Crippen LogP contribution in [-0.2, 0) is 13.0 Å². The second-order valence-corrected chi connectivity index (χ2v) is 5.49. The Bertz CT molecular complexity index is 311. The van der Waals surface area contributed by atoms with Crippen molar-refractivity contribution in [2.75, 3.05) is 13.1 Å². The highest BCUT2D eigenvalue weighted by Crippen LogP contribution is 2.02. The maximum atomic E-state index is 4.26. The summed E-state index contributed by atoms with van der Waals surface area (Å²) in [5.74, 6) is 0. The molecule has 1 aromatic heterocycles. The standard InChI is InChI=1S/C13H26N4/c1-5-6-11-9-12(17-16-11)10-14-7-8-15-13(2,3)4/h9,14-15H,5-8,10H2,1-4H3,(H,16,17). The first-order valence-electron chi connectivity index (χ1n) is 6.50. The van der Waals surface area contributed by atoms with Crippen LogP contribution in [0.15, 0.2) is 6.07 Å². The fourth-order valence-electron chi connectivity index (χ4n) is 1.63. The number of H-pyrrole nitrogens is 1. The molecule has 0 aliphatic heterocycles. The first kappa shape index (κ1) is 14.2. The van der Waals surface area contributed by atoms with E-state index in [2.05, 4.69) is 54.6 Å². The third-order valence-electron chi connectivity index (χ3n) is 2.46. The van der Waals surface area contributed by atoms with Gasteiger partial charge in [-0.05, 0) is 33.3 Å². The van der Waals surface area contributed by atoms with Crippen molar-refractivity contribution < 1.29 is 0 Å². The van der Waals surface area contributed by atoms with Crippen LogP contribution in [0.3, 0.4) is 0 Å². The highest BCUT2D eigenvalue weighted by Gasteiger charge is 2.07. The molecular formula is C13H26N4. The predicted molar refractivity (Wildman–Crippen MR) is 72.0 cm³/mol. The Morgan fingerprint density at radius 2 is 2.06 bits per heavy atom. The molecule has 0 radical (unpaired) electrons. The predicted octanol–water partition coefficient (Wildman–Crippen LogP) is 1.84. The van der Waals surface area contributed by atoms with E-state index in [0.29, 0.717) is 0 Å². The van der Waals surface area contributed by atoms with Crippen molar-refractivity contribution in [2.24, 2.45) is 0 Å². The summed E-state index contributed by atoms with van der Waals surface area (Å²) < 4.78 is 0. The summed E-state index contributed by atoms with van der Waals surface area (Å²) >= 11 is 0. The first-order chi connectivity index (χ1) is 8.01. The molecule has 0 atom stereocenters. The van der Waals surface area contributed by atoms with Gasteiger partial charge in [0.05, 0.1) is 5.69 Å². The average molecular weight is 238 g/mol. The summed E-state index contributed by atoms with van der Waals surface area (Å²) in [5.41, 5.74) is 2.53. The molecule has 0 unspecified atom stereocenters. The van der Waals surface area contributed by atoms with Crippen molar-refractivity contribution in [2.45, 2.75) is 52.6 Å². The maximum absolute atomic E-state index is 4.26. The fourth-order valence-corrected chi connectivity index (χ4v) is 1.63. The lowest BCUT2D eigenvalue weighted by Crippen LogP contribution is -2.40. The molecule has 4 heteroatoms. The van der Waals surface area contributed by atoms with Crippen LogP contribution >= 0.6 is 0 Å². The molecule has 0 bridgehead atoms. The van der Waals surface area contributed by atoms with Gasteiger partial charge in [-0.25, -0.2) is 0 Å². The van der Waals surface area contributed by atoms with E-state index in [9.17, 15) is 0 Å². The molecule has 1 heterocycles. The van der Waals surface area contributed by atoms with E-state index in [1.807, 2.05) is 0 Å². The summed E-state index contributed by atoms with van der Waals surface area (Å²) in [5, 5.41) is 14.2. The number of aromatic nitrogens is 2. The highest BCUT2D eigenvalue weighted by molar-refractivity contribution is 5.08. The van der Waals surface area contributed by atoms with Gasteiger partial charge >= 0.3 is 0 Å². The van der Waals surface area contributed by atoms with Crippen LogP contribution in [-0.4, -0.2) is 28.8 Å². The molecule has 1 aromatic rings. The highest BCUT2D eigenvalue weighted by atomic mass is 15.1. The Morgan fingerprint density at radius 1 is 1.29 bits per heavy atom. The van der Waals surface area contributed by atoms with Gasteiger partial charge in [0.15, 0.2) is 0 Å². The second kappa shape index (κ2) is 6.77. The van der Waals surface area contributed by atoms with Gasteiger partial charge < -0.3 is 10.6 Å². The monoisotopic (exact) mass is 238 g/mol. The molecule has 0 fully saturated rings. The van der Waals surface area contributed by atoms with Gasteiger partial charge in [0, 0.05) is 30.9 Å². The van der Waals surface area contributed by atoms with E-state index in [1.165, 1.54) is 5.69 Å². The molecule has 0 aromatic carbocycles. The van der Waals surface area contributed by atoms with Crippen molar-refractivity contribution in [1.82, 2.24) is 20.8 Å². The van der Waals surface area contributed by atoms with E-state index >= 15 is 0 Å². The normalized spacial score (nSPS) is 12.0. The number of aromatic amines is 1. The average Bonchev–Trinajstić information content (AvgIpc) is 2.64. The van der Waals surface area contributed by atoms with Gasteiger partial charge in [0.1, 0.15) is 0 Å². The van der Waals surface area contributed by atoms with E-state index in [-0.39, 0.29) is 5.54 Å². The molecule has 0 saturated heterocycles. The fraction of sp³-hybridized carbons (Fsp3) is 0.769. The van der Waals surface area contributed by atoms with Gasteiger partial charge in [-0.1, -0.05) is 13.3 Å². The lowest BCUT2D eigenvalue weighted by molar-refractivity contribution is 0.421. The molecule has 98 valence electrons. The number of hydrogen-bond donors (Lipinski definition) is 3. The van der Waals surface area contributed by atoms with Crippen molar-refractivity contribution in [3.05, 3.63) is 17.5 Å². The van der Waals surface area contributed by atoms with Crippen molar-refractivity contribution in [3.8, 4) is 0 Å². The van der Waals surface area contributed by atoms with Gasteiger partial charge in [-0.3, -0.25) is 5.10 Å². The lowest BCUT2D eigenvalue weighted by atomic mass is 10.1. The Kier molecular flexibility index (Phi) is 5.65. The van der Waals surface area contributed by atoms with Gasteiger partial charge in [0.25, 0.3) is 0 Å².